The second-order valence-electron chi connectivity index (χ2n) is 9.85. The van der Waals surface area contributed by atoms with E-state index in [2.05, 4.69) is 31.2 Å². The number of amides is 1. The van der Waals surface area contributed by atoms with Crippen LogP contribution in [0.1, 0.15) is 73.9 Å². The predicted octanol–water partition coefficient (Wildman–Crippen LogP) is 6.35. The lowest BCUT2D eigenvalue weighted by Gasteiger charge is -2.27. The molecule has 0 saturated carbocycles. The summed E-state index contributed by atoms with van der Waals surface area (Å²) >= 11 is 8.00. The second-order valence-corrected chi connectivity index (χ2v) is 11.4. The number of benzene rings is 1. The van der Waals surface area contributed by atoms with Crippen molar-refractivity contribution in [1.29, 1.82) is 0 Å². The Morgan fingerprint density at radius 1 is 1.24 bits per heavy atom. The molecule has 0 saturated heterocycles. The van der Waals surface area contributed by atoms with Crippen LogP contribution in [0.15, 0.2) is 29.7 Å². The van der Waals surface area contributed by atoms with Gasteiger partial charge >= 0.3 is 6.09 Å². The van der Waals surface area contributed by atoms with Crippen LogP contribution in [0.25, 0.3) is 5.57 Å². The Kier molecular flexibility index (Phi) is 5.98. The molecule has 7 nitrogen and oxygen atoms in total. The van der Waals surface area contributed by atoms with Crippen LogP contribution >= 0.6 is 22.9 Å². The van der Waals surface area contributed by atoms with E-state index in [4.69, 9.17) is 16.3 Å². The summed E-state index contributed by atoms with van der Waals surface area (Å²) in [5.41, 5.74) is 3.54. The van der Waals surface area contributed by atoms with Gasteiger partial charge in [-0.15, -0.1) is 21.5 Å². The maximum absolute atomic E-state index is 13.1. The molecule has 178 valence electrons. The maximum atomic E-state index is 13.1. The van der Waals surface area contributed by atoms with Crippen LogP contribution in [0.4, 0.5) is 10.5 Å². The van der Waals surface area contributed by atoms with Crippen LogP contribution < -0.4 is 4.90 Å². The van der Waals surface area contributed by atoms with E-state index >= 15 is 0 Å². The number of aryl methyl sites for hydroxylation is 1. The van der Waals surface area contributed by atoms with Gasteiger partial charge in [-0.3, -0.25) is 4.90 Å². The van der Waals surface area contributed by atoms with Gasteiger partial charge in [0.15, 0.2) is 5.82 Å². The number of nitrogens with zero attached hydrogens (tertiary/aromatic N) is 5. The Morgan fingerprint density at radius 3 is 2.74 bits per heavy atom. The maximum Gasteiger partial charge on any atom is 0.415 e. The molecular weight excluding hydrogens is 470 g/mol. The van der Waals surface area contributed by atoms with Crippen LogP contribution in [0, 0.1) is 6.92 Å². The number of carbonyl (C=O) groups is 1. The largest absolute Gasteiger partial charge is 0.443 e. The number of anilines is 1. The van der Waals surface area contributed by atoms with Gasteiger partial charge in [-0.25, -0.2) is 9.78 Å². The fourth-order valence-electron chi connectivity index (χ4n) is 4.55. The van der Waals surface area contributed by atoms with Crippen molar-refractivity contribution in [3.8, 4) is 0 Å². The number of allylic oxidation sites excluding steroid dienone is 2. The van der Waals surface area contributed by atoms with Crippen molar-refractivity contribution in [3.05, 3.63) is 62.6 Å². The van der Waals surface area contributed by atoms with Crippen molar-refractivity contribution in [2.45, 2.75) is 71.6 Å². The zero-order valence-corrected chi connectivity index (χ0v) is 21.4. The number of rotatable bonds is 2. The van der Waals surface area contributed by atoms with Gasteiger partial charge in [0.1, 0.15) is 11.4 Å². The molecule has 3 aromatic rings. The average Bonchev–Trinajstić information content (AvgIpc) is 3.34. The van der Waals surface area contributed by atoms with Gasteiger partial charge in [-0.05, 0) is 70.2 Å². The lowest BCUT2D eigenvalue weighted by Crippen LogP contribution is -2.36. The van der Waals surface area contributed by atoms with E-state index in [1.54, 1.807) is 16.2 Å². The normalized spacial score (nSPS) is 18.1. The molecule has 34 heavy (non-hydrogen) atoms. The highest BCUT2D eigenvalue weighted by molar-refractivity contribution is 7.09. The summed E-state index contributed by atoms with van der Waals surface area (Å²) in [4.78, 5) is 19.4. The Morgan fingerprint density at radius 2 is 2.06 bits per heavy atom. The average molecular weight is 498 g/mol. The molecule has 2 aromatic heterocycles. The highest BCUT2D eigenvalue weighted by Crippen LogP contribution is 2.38. The first-order chi connectivity index (χ1) is 16.2. The van der Waals surface area contributed by atoms with E-state index in [9.17, 15) is 4.79 Å². The second kappa shape index (κ2) is 8.82. The molecule has 1 aliphatic heterocycles. The first-order valence-electron chi connectivity index (χ1n) is 11.5. The third-order valence-corrected chi connectivity index (χ3v) is 7.17. The fraction of sp³-hybridized carbons (Fsp3) is 0.440. The van der Waals surface area contributed by atoms with Crippen LogP contribution in [0.3, 0.4) is 0 Å². The summed E-state index contributed by atoms with van der Waals surface area (Å²) in [5.74, 6) is 1.98. The van der Waals surface area contributed by atoms with Crippen LogP contribution in [0.2, 0.25) is 5.02 Å². The third-order valence-electron chi connectivity index (χ3n) is 6.16. The minimum atomic E-state index is -0.608. The number of fused-ring (bicyclic) bond motifs is 2. The van der Waals surface area contributed by atoms with Crippen molar-refractivity contribution in [3.63, 3.8) is 0 Å². The van der Waals surface area contributed by atoms with Crippen molar-refractivity contribution in [2.75, 3.05) is 4.90 Å². The minimum absolute atomic E-state index is 0.272. The lowest BCUT2D eigenvalue weighted by molar-refractivity contribution is 0.0576. The summed E-state index contributed by atoms with van der Waals surface area (Å²) in [7, 11) is 0. The Labute approximate surface area is 208 Å². The number of hydrogen-bond acceptors (Lipinski definition) is 6. The van der Waals surface area contributed by atoms with E-state index in [1.165, 1.54) is 5.57 Å². The van der Waals surface area contributed by atoms with Crippen molar-refractivity contribution < 1.29 is 9.53 Å². The zero-order valence-electron chi connectivity index (χ0n) is 19.8. The first kappa shape index (κ1) is 23.1. The molecule has 0 radical (unpaired) electrons. The van der Waals surface area contributed by atoms with E-state index in [0.717, 1.165) is 52.9 Å². The number of aromatic nitrogens is 4. The molecule has 0 fully saturated rings. The lowest BCUT2D eigenvalue weighted by atomic mass is 9.88. The SMILES string of the molecule is Cc1nc(C2=CCC(c3nnc4n3Cc3ccc(Cl)cc3N(C(=O)OC(C)(C)C)C4)CC2)cs1. The summed E-state index contributed by atoms with van der Waals surface area (Å²) in [5, 5.41) is 12.9. The number of carbonyl (C=O) groups excluding carboxylic acids is 1. The quantitative estimate of drug-likeness (QED) is 0.412. The van der Waals surface area contributed by atoms with Crippen LogP contribution in [-0.4, -0.2) is 31.4 Å². The van der Waals surface area contributed by atoms with Gasteiger partial charge in [0.05, 0.1) is 29.5 Å². The molecular formula is C25H28ClN5O2S. The van der Waals surface area contributed by atoms with E-state index in [0.29, 0.717) is 11.6 Å². The predicted molar refractivity (Wildman–Crippen MR) is 134 cm³/mol. The number of hydrogen-bond donors (Lipinski definition) is 0. The topological polar surface area (TPSA) is 73.1 Å². The minimum Gasteiger partial charge on any atom is -0.443 e. The van der Waals surface area contributed by atoms with E-state index < -0.39 is 11.7 Å². The standard InChI is InChI=1S/C25H28ClN5O2S/c1-15-27-20(14-34-15)16-5-7-17(8-6-16)23-29-28-22-13-30(24(32)33-25(2,3)4)21-11-19(26)10-9-18(21)12-31(22)23/h5,9-11,14,17H,6-8,12-13H2,1-4H3. The van der Waals surface area contributed by atoms with Gasteiger partial charge in [0.2, 0.25) is 0 Å². The van der Waals surface area contributed by atoms with E-state index in [1.807, 2.05) is 45.9 Å². The molecule has 1 aliphatic carbocycles. The molecule has 0 bridgehead atoms. The highest BCUT2D eigenvalue weighted by atomic mass is 35.5. The number of ether oxygens (including phenoxy) is 1. The molecule has 5 rings (SSSR count). The molecule has 9 heteroatoms. The molecule has 3 heterocycles. The Bertz CT molecular complexity index is 1270. The summed E-state index contributed by atoms with van der Waals surface area (Å²) in [6.07, 6.45) is 4.73. The molecule has 1 amide bonds. The van der Waals surface area contributed by atoms with Gasteiger partial charge in [0, 0.05) is 16.3 Å². The zero-order chi connectivity index (χ0) is 24.0. The van der Waals surface area contributed by atoms with Crippen LogP contribution in [0.5, 0.6) is 0 Å². The molecule has 1 aromatic carbocycles. The van der Waals surface area contributed by atoms with Gasteiger partial charge in [-0.2, -0.15) is 0 Å². The monoisotopic (exact) mass is 497 g/mol. The number of thiazole rings is 1. The van der Waals surface area contributed by atoms with Gasteiger partial charge in [0.25, 0.3) is 0 Å². The molecule has 0 N–H and O–H groups in total. The molecule has 1 unspecified atom stereocenters. The van der Waals surface area contributed by atoms with Gasteiger partial charge in [-0.1, -0.05) is 23.7 Å². The molecule has 0 spiro atoms. The highest BCUT2D eigenvalue weighted by Gasteiger charge is 2.32. The van der Waals surface area contributed by atoms with E-state index in [-0.39, 0.29) is 12.5 Å². The molecule has 2 aliphatic rings. The number of halogens is 1. The fourth-order valence-corrected chi connectivity index (χ4v) is 5.36. The third kappa shape index (κ3) is 4.61. The molecule has 1 atom stereocenters. The van der Waals surface area contributed by atoms with Crippen molar-refractivity contribution >= 4 is 40.3 Å². The van der Waals surface area contributed by atoms with Crippen molar-refractivity contribution in [1.82, 2.24) is 19.7 Å². The Balaban J connectivity index is 1.46. The smallest absolute Gasteiger partial charge is 0.415 e. The van der Waals surface area contributed by atoms with Crippen molar-refractivity contribution in [2.24, 2.45) is 0 Å². The summed E-state index contributed by atoms with van der Waals surface area (Å²) in [6, 6.07) is 5.65. The summed E-state index contributed by atoms with van der Waals surface area (Å²) < 4.78 is 7.86. The Hall–Kier alpha value is -2.71. The van der Waals surface area contributed by atoms with Crippen LogP contribution in [-0.2, 0) is 17.8 Å². The van der Waals surface area contributed by atoms with Gasteiger partial charge < -0.3 is 9.30 Å². The summed E-state index contributed by atoms with van der Waals surface area (Å²) in [6.45, 7) is 8.49. The first-order valence-corrected chi connectivity index (χ1v) is 12.8.